The number of nitrogens with zero attached hydrogens (tertiary/aromatic N) is 2. The van der Waals surface area contributed by atoms with E-state index >= 15 is 0 Å². The average Bonchev–Trinajstić information content (AvgIpc) is 3.30. The van der Waals surface area contributed by atoms with Crippen molar-refractivity contribution in [3.05, 3.63) is 202 Å². The number of benzene rings is 11. The first-order valence-electron chi connectivity index (χ1n) is 24.4. The number of rotatable bonds is 6. The lowest BCUT2D eigenvalue weighted by Gasteiger charge is -2.33. The summed E-state index contributed by atoms with van der Waals surface area (Å²) in [6, 6.07) is 61.0. The summed E-state index contributed by atoms with van der Waals surface area (Å²) in [6.45, 7) is 27.3. The van der Waals surface area contributed by atoms with Crippen LogP contribution in [0.15, 0.2) is 158 Å². The van der Waals surface area contributed by atoms with Gasteiger partial charge in [0, 0.05) is 55.1 Å². The predicted octanol–water partition coefficient (Wildman–Crippen LogP) is 19.4. The molecule has 0 N–H and O–H groups in total. The Morgan fingerprint density at radius 2 is 0.632 bits per heavy atom. The van der Waals surface area contributed by atoms with Gasteiger partial charge in [-0.2, -0.15) is 0 Å². The summed E-state index contributed by atoms with van der Waals surface area (Å²) < 4.78 is 0. The van der Waals surface area contributed by atoms with Crippen molar-refractivity contribution < 1.29 is 0 Å². The molecule has 0 aliphatic carbocycles. The third-order valence-electron chi connectivity index (χ3n) is 14.7. The minimum absolute atomic E-state index is 0.0704. The quantitative estimate of drug-likeness (QED) is 0.121. The fraction of sp³-hybridized carbons (Fsp3) is 0.212. The Hall–Kier alpha value is -7.16. The van der Waals surface area contributed by atoms with Crippen molar-refractivity contribution in [3.63, 3.8) is 0 Å². The molecule has 11 rings (SSSR count). The molecule has 2 nitrogen and oxygen atoms in total. The van der Waals surface area contributed by atoms with Gasteiger partial charge < -0.3 is 9.80 Å². The Kier molecular flexibility index (Phi) is 10.0. The second kappa shape index (κ2) is 15.7. The maximum absolute atomic E-state index is 2.56. The second-order valence-electron chi connectivity index (χ2n) is 21.8. The molecule has 0 heterocycles. The van der Waals surface area contributed by atoms with Crippen molar-refractivity contribution in [2.45, 2.75) is 93.9 Å². The smallest absolute Gasteiger partial charge is 0.0619 e. The van der Waals surface area contributed by atoms with Crippen LogP contribution in [0, 0.1) is 41.5 Å². The van der Waals surface area contributed by atoms with E-state index in [0.29, 0.717) is 0 Å². The number of anilines is 6. The van der Waals surface area contributed by atoms with E-state index in [9.17, 15) is 0 Å². The SMILES string of the molecule is Cc1ccc(N(c2ccc(C)cc2C)c2c3cc(C(C)(C)C)ccc3c3c4c2cccc4c2cccc4c(N(c5ccc(C)cc5)c5ccc(C)cc5C)c5cc(C(C)(C)C)ccc5c3c42)cc1. The minimum Gasteiger partial charge on any atom is -0.309 e. The predicted molar refractivity (Wildman–Crippen MR) is 298 cm³/mol. The normalized spacial score (nSPS) is 12.4. The molecule has 0 atom stereocenters. The van der Waals surface area contributed by atoms with Crippen LogP contribution in [0.5, 0.6) is 0 Å². The zero-order valence-electron chi connectivity index (χ0n) is 41.9. The van der Waals surface area contributed by atoms with Crippen molar-refractivity contribution in [2.24, 2.45) is 0 Å². The highest BCUT2D eigenvalue weighted by Crippen LogP contribution is 2.56. The van der Waals surface area contributed by atoms with E-state index < -0.39 is 0 Å². The standard InChI is InChI=1S/C66H62N2/c1-39-19-27-47(28-20-39)67(57-33-23-41(3)35-43(57)5)63-53-17-13-15-49-50-16-14-18-54-60(50)62(61(59(49)53)51-31-25-45(37-55(51)63)65(7,8)9)52-32-26-46(66(10,11)12)38-56(52)64(54)68(48-29-21-40(2)22-30-48)58-34-24-42(4)36-44(58)6/h13-38H,1-12H3. The first-order chi connectivity index (χ1) is 32.5. The van der Waals surface area contributed by atoms with Gasteiger partial charge in [0.15, 0.2) is 0 Å². The molecule has 0 amide bonds. The molecule has 0 fully saturated rings. The van der Waals surface area contributed by atoms with Crippen LogP contribution in [-0.4, -0.2) is 0 Å². The number of aryl methyl sites for hydroxylation is 6. The van der Waals surface area contributed by atoms with E-state index in [-0.39, 0.29) is 10.8 Å². The first-order valence-corrected chi connectivity index (χ1v) is 24.4. The van der Waals surface area contributed by atoms with E-state index in [1.165, 1.54) is 132 Å². The van der Waals surface area contributed by atoms with E-state index in [2.05, 4.69) is 251 Å². The monoisotopic (exact) mass is 882 g/mol. The Bertz CT molecular complexity index is 3550. The van der Waals surface area contributed by atoms with E-state index in [0.717, 1.165) is 11.4 Å². The van der Waals surface area contributed by atoms with E-state index in [1.54, 1.807) is 0 Å². The average molecular weight is 883 g/mol. The first kappa shape index (κ1) is 43.4. The molecule has 11 aromatic rings. The van der Waals surface area contributed by atoms with Crippen LogP contribution in [0.2, 0.25) is 0 Å². The number of hydrogen-bond donors (Lipinski definition) is 0. The Balaban J connectivity index is 1.40. The van der Waals surface area contributed by atoms with Crippen LogP contribution < -0.4 is 9.80 Å². The molecule has 0 bridgehead atoms. The van der Waals surface area contributed by atoms with Crippen LogP contribution in [0.25, 0.3) is 64.6 Å². The van der Waals surface area contributed by atoms with Crippen LogP contribution >= 0.6 is 0 Å². The topological polar surface area (TPSA) is 6.48 Å². The summed E-state index contributed by atoms with van der Waals surface area (Å²) in [4.78, 5) is 5.12. The fourth-order valence-electron chi connectivity index (χ4n) is 11.2. The van der Waals surface area contributed by atoms with Gasteiger partial charge >= 0.3 is 0 Å². The Labute approximate surface area is 402 Å². The molecule has 2 heteroatoms. The fourth-order valence-corrected chi connectivity index (χ4v) is 11.2. The molecule has 0 spiro atoms. The third kappa shape index (κ3) is 6.91. The molecular weight excluding hydrogens is 821 g/mol. The van der Waals surface area contributed by atoms with Gasteiger partial charge in [-0.3, -0.25) is 0 Å². The minimum atomic E-state index is -0.0704. The summed E-state index contributed by atoms with van der Waals surface area (Å²) in [5.74, 6) is 0. The van der Waals surface area contributed by atoms with Gasteiger partial charge in [-0.25, -0.2) is 0 Å². The zero-order chi connectivity index (χ0) is 47.6. The lowest BCUT2D eigenvalue weighted by Crippen LogP contribution is -2.15. The molecule has 0 saturated carbocycles. The summed E-state index contributed by atoms with van der Waals surface area (Å²) in [6.07, 6.45) is 0. The Morgan fingerprint density at radius 3 is 0.985 bits per heavy atom. The van der Waals surface area contributed by atoms with Crippen molar-refractivity contribution in [1.82, 2.24) is 0 Å². The van der Waals surface area contributed by atoms with Gasteiger partial charge in [0.1, 0.15) is 0 Å². The van der Waals surface area contributed by atoms with Gasteiger partial charge in [0.25, 0.3) is 0 Å². The summed E-state index contributed by atoms with van der Waals surface area (Å²) in [5, 5.41) is 15.3. The van der Waals surface area contributed by atoms with Gasteiger partial charge in [-0.05, 0) is 155 Å². The summed E-state index contributed by atoms with van der Waals surface area (Å²) in [5.41, 5.74) is 17.1. The van der Waals surface area contributed by atoms with Crippen LogP contribution in [0.4, 0.5) is 34.1 Å². The molecule has 0 unspecified atom stereocenters. The lowest BCUT2D eigenvalue weighted by atomic mass is 9.80. The lowest BCUT2D eigenvalue weighted by molar-refractivity contribution is 0.591. The molecule has 0 aromatic heterocycles. The van der Waals surface area contributed by atoms with Crippen molar-refractivity contribution in [2.75, 3.05) is 9.80 Å². The maximum Gasteiger partial charge on any atom is 0.0619 e. The van der Waals surface area contributed by atoms with E-state index in [4.69, 9.17) is 0 Å². The van der Waals surface area contributed by atoms with Crippen molar-refractivity contribution in [1.29, 1.82) is 0 Å². The molecule has 0 radical (unpaired) electrons. The third-order valence-corrected chi connectivity index (χ3v) is 14.7. The van der Waals surface area contributed by atoms with Gasteiger partial charge in [0.05, 0.1) is 11.4 Å². The van der Waals surface area contributed by atoms with Gasteiger partial charge in [0.2, 0.25) is 0 Å². The van der Waals surface area contributed by atoms with Crippen LogP contribution in [0.1, 0.15) is 86.1 Å². The summed E-state index contributed by atoms with van der Waals surface area (Å²) >= 11 is 0. The molecule has 0 aliphatic heterocycles. The van der Waals surface area contributed by atoms with Crippen molar-refractivity contribution >= 4 is 98.8 Å². The Morgan fingerprint density at radius 1 is 0.294 bits per heavy atom. The molecular formula is C66H62N2. The zero-order valence-corrected chi connectivity index (χ0v) is 41.9. The number of hydrogen-bond acceptors (Lipinski definition) is 2. The van der Waals surface area contributed by atoms with Gasteiger partial charge in [-0.15, -0.1) is 0 Å². The maximum atomic E-state index is 2.56. The highest BCUT2D eigenvalue weighted by atomic mass is 15.2. The second-order valence-corrected chi connectivity index (χ2v) is 21.8. The van der Waals surface area contributed by atoms with E-state index in [1.807, 2.05) is 0 Å². The molecule has 0 saturated heterocycles. The highest BCUT2D eigenvalue weighted by molar-refractivity contribution is 6.46. The van der Waals surface area contributed by atoms with Gasteiger partial charge in [-0.1, -0.05) is 173 Å². The molecule has 0 aliphatic rings. The molecule has 336 valence electrons. The molecule has 11 aromatic carbocycles. The molecule has 68 heavy (non-hydrogen) atoms. The summed E-state index contributed by atoms with van der Waals surface area (Å²) in [7, 11) is 0. The largest absolute Gasteiger partial charge is 0.309 e. The number of fused-ring (bicyclic) bond motifs is 6. The van der Waals surface area contributed by atoms with Crippen LogP contribution in [-0.2, 0) is 10.8 Å². The van der Waals surface area contributed by atoms with Crippen LogP contribution in [0.3, 0.4) is 0 Å². The highest BCUT2D eigenvalue weighted by Gasteiger charge is 2.30. The van der Waals surface area contributed by atoms with Crippen molar-refractivity contribution in [3.8, 4) is 0 Å².